The van der Waals surface area contributed by atoms with Crippen molar-refractivity contribution < 1.29 is 8.78 Å². The second-order valence-electron chi connectivity index (χ2n) is 3.97. The molecule has 0 aliphatic heterocycles. The largest absolute Gasteiger partial charge is 0.329 e. The second-order valence-corrected chi connectivity index (χ2v) is 6.16. The lowest BCUT2D eigenvalue weighted by molar-refractivity contribution is 0.506. The van der Waals surface area contributed by atoms with Crippen molar-refractivity contribution in [2.24, 2.45) is 5.73 Å². The van der Waals surface area contributed by atoms with E-state index in [2.05, 4.69) is 15.9 Å². The molecular formula is C14H12BrF2NS. The van der Waals surface area contributed by atoms with Crippen LogP contribution in [0.1, 0.15) is 10.8 Å². The van der Waals surface area contributed by atoms with E-state index in [0.717, 1.165) is 16.1 Å². The molecule has 2 aromatic rings. The zero-order chi connectivity index (χ0) is 13.8. The second kappa shape index (κ2) is 6.50. The Balaban J connectivity index is 2.21. The first-order valence-electron chi connectivity index (χ1n) is 5.67. The molecule has 0 radical (unpaired) electrons. The molecule has 0 spiro atoms. The quantitative estimate of drug-likeness (QED) is 0.826. The van der Waals surface area contributed by atoms with Gasteiger partial charge in [-0.15, -0.1) is 11.8 Å². The summed E-state index contributed by atoms with van der Waals surface area (Å²) in [7, 11) is 0. The average Bonchev–Trinajstić information content (AvgIpc) is 2.40. The van der Waals surface area contributed by atoms with Gasteiger partial charge in [-0.25, -0.2) is 8.78 Å². The van der Waals surface area contributed by atoms with Gasteiger partial charge in [0, 0.05) is 21.2 Å². The summed E-state index contributed by atoms with van der Waals surface area (Å²) >= 11 is 4.83. The minimum atomic E-state index is -0.838. The van der Waals surface area contributed by atoms with Gasteiger partial charge in [0.05, 0.1) is 0 Å². The standard InChI is InChI=1S/C14H12BrF2NS/c15-10-3-1-2-9(6-10)14(8-18)19-11-4-5-12(16)13(17)7-11/h1-7,14H,8,18H2. The highest BCUT2D eigenvalue weighted by molar-refractivity contribution is 9.10. The van der Waals surface area contributed by atoms with Crippen molar-refractivity contribution in [3.8, 4) is 0 Å². The van der Waals surface area contributed by atoms with Crippen molar-refractivity contribution in [2.75, 3.05) is 6.54 Å². The molecule has 0 saturated heterocycles. The maximum absolute atomic E-state index is 13.2. The maximum atomic E-state index is 13.2. The molecular weight excluding hydrogens is 332 g/mol. The Morgan fingerprint density at radius 3 is 2.53 bits per heavy atom. The van der Waals surface area contributed by atoms with Gasteiger partial charge in [0.15, 0.2) is 11.6 Å². The highest BCUT2D eigenvalue weighted by atomic mass is 79.9. The van der Waals surface area contributed by atoms with Crippen LogP contribution >= 0.6 is 27.7 Å². The minimum absolute atomic E-state index is 0.00219. The number of benzene rings is 2. The smallest absolute Gasteiger partial charge is 0.159 e. The molecule has 0 amide bonds. The van der Waals surface area contributed by atoms with Crippen molar-refractivity contribution >= 4 is 27.7 Å². The topological polar surface area (TPSA) is 26.0 Å². The Labute approximate surface area is 123 Å². The molecule has 1 unspecified atom stereocenters. The number of halogens is 3. The maximum Gasteiger partial charge on any atom is 0.159 e. The summed E-state index contributed by atoms with van der Waals surface area (Å²) in [6.45, 7) is 0.417. The summed E-state index contributed by atoms with van der Waals surface area (Å²) < 4.78 is 27.0. The molecule has 0 heterocycles. The van der Waals surface area contributed by atoms with Crippen LogP contribution in [-0.4, -0.2) is 6.54 Å². The Bertz CT molecular complexity index is 577. The number of nitrogens with two attached hydrogens (primary N) is 1. The first-order chi connectivity index (χ1) is 9.10. The summed E-state index contributed by atoms with van der Waals surface area (Å²) in [4.78, 5) is 0.661. The normalized spacial score (nSPS) is 12.4. The lowest BCUT2D eigenvalue weighted by atomic mass is 10.1. The summed E-state index contributed by atoms with van der Waals surface area (Å²) in [5.41, 5.74) is 6.81. The molecule has 0 saturated carbocycles. The molecule has 2 rings (SSSR count). The van der Waals surface area contributed by atoms with E-state index in [9.17, 15) is 8.78 Å². The number of rotatable bonds is 4. The van der Waals surface area contributed by atoms with E-state index in [4.69, 9.17) is 5.73 Å². The molecule has 0 aliphatic rings. The molecule has 1 nitrogen and oxygen atoms in total. The third-order valence-electron chi connectivity index (χ3n) is 2.60. The van der Waals surface area contributed by atoms with Gasteiger partial charge in [0.25, 0.3) is 0 Å². The average molecular weight is 344 g/mol. The van der Waals surface area contributed by atoms with Crippen LogP contribution in [0.4, 0.5) is 8.78 Å². The van der Waals surface area contributed by atoms with Gasteiger partial charge in [0.2, 0.25) is 0 Å². The third kappa shape index (κ3) is 3.78. The molecule has 0 fully saturated rings. The van der Waals surface area contributed by atoms with Gasteiger partial charge < -0.3 is 5.73 Å². The fourth-order valence-electron chi connectivity index (χ4n) is 1.67. The van der Waals surface area contributed by atoms with Gasteiger partial charge in [-0.2, -0.15) is 0 Å². The third-order valence-corrected chi connectivity index (χ3v) is 4.37. The van der Waals surface area contributed by atoms with Gasteiger partial charge in [0.1, 0.15) is 0 Å². The summed E-state index contributed by atoms with van der Waals surface area (Å²) in [6, 6.07) is 11.7. The van der Waals surface area contributed by atoms with Crippen molar-refractivity contribution in [2.45, 2.75) is 10.1 Å². The van der Waals surface area contributed by atoms with Crippen molar-refractivity contribution in [1.29, 1.82) is 0 Å². The SMILES string of the molecule is NCC(Sc1ccc(F)c(F)c1)c1cccc(Br)c1. The van der Waals surface area contributed by atoms with E-state index < -0.39 is 11.6 Å². The minimum Gasteiger partial charge on any atom is -0.329 e. The van der Waals surface area contributed by atoms with Gasteiger partial charge in [-0.1, -0.05) is 28.1 Å². The Hall–Kier alpha value is -0.910. The number of hydrogen-bond acceptors (Lipinski definition) is 2. The molecule has 19 heavy (non-hydrogen) atoms. The Kier molecular flexibility index (Phi) is 4.96. The van der Waals surface area contributed by atoms with Gasteiger partial charge in [-0.05, 0) is 35.9 Å². The molecule has 5 heteroatoms. The van der Waals surface area contributed by atoms with Crippen LogP contribution in [0.15, 0.2) is 51.8 Å². The summed E-state index contributed by atoms with van der Waals surface area (Å²) in [5.74, 6) is -1.67. The van der Waals surface area contributed by atoms with Crippen molar-refractivity contribution in [1.82, 2.24) is 0 Å². The lowest BCUT2D eigenvalue weighted by Crippen LogP contribution is -2.09. The molecule has 2 N–H and O–H groups in total. The summed E-state index contributed by atoms with van der Waals surface area (Å²) in [5, 5.41) is 0.00219. The van der Waals surface area contributed by atoms with Gasteiger partial charge in [-0.3, -0.25) is 0 Å². The van der Waals surface area contributed by atoms with Crippen LogP contribution < -0.4 is 5.73 Å². The monoisotopic (exact) mass is 343 g/mol. The Morgan fingerprint density at radius 2 is 1.89 bits per heavy atom. The Morgan fingerprint density at radius 1 is 1.11 bits per heavy atom. The van der Waals surface area contributed by atoms with Crippen LogP contribution in [0.2, 0.25) is 0 Å². The zero-order valence-electron chi connectivity index (χ0n) is 9.95. The van der Waals surface area contributed by atoms with Crippen LogP contribution in [0.5, 0.6) is 0 Å². The fourth-order valence-corrected chi connectivity index (χ4v) is 3.12. The number of hydrogen-bond donors (Lipinski definition) is 1. The molecule has 0 aromatic heterocycles. The van der Waals surface area contributed by atoms with Crippen LogP contribution in [0.3, 0.4) is 0 Å². The van der Waals surface area contributed by atoms with Crippen LogP contribution in [0.25, 0.3) is 0 Å². The van der Waals surface area contributed by atoms with E-state index in [1.807, 2.05) is 24.3 Å². The van der Waals surface area contributed by atoms with E-state index in [1.54, 1.807) is 6.07 Å². The lowest BCUT2D eigenvalue weighted by Gasteiger charge is -2.15. The van der Waals surface area contributed by atoms with E-state index in [-0.39, 0.29) is 5.25 Å². The van der Waals surface area contributed by atoms with E-state index in [0.29, 0.717) is 11.4 Å². The number of thioether (sulfide) groups is 1. The summed E-state index contributed by atoms with van der Waals surface area (Å²) in [6.07, 6.45) is 0. The van der Waals surface area contributed by atoms with Gasteiger partial charge >= 0.3 is 0 Å². The molecule has 1 atom stereocenters. The van der Waals surface area contributed by atoms with Crippen molar-refractivity contribution in [3.05, 3.63) is 64.1 Å². The first-order valence-corrected chi connectivity index (χ1v) is 7.34. The predicted octanol–water partition coefficient (Wildman–Crippen LogP) is 4.52. The predicted molar refractivity (Wildman–Crippen MR) is 78.2 cm³/mol. The molecule has 0 aliphatic carbocycles. The highest BCUT2D eigenvalue weighted by Gasteiger charge is 2.13. The zero-order valence-corrected chi connectivity index (χ0v) is 12.3. The molecule has 0 bridgehead atoms. The van der Waals surface area contributed by atoms with Crippen molar-refractivity contribution in [3.63, 3.8) is 0 Å². The molecule has 2 aromatic carbocycles. The first kappa shape index (κ1) is 14.5. The van der Waals surface area contributed by atoms with Crippen LogP contribution in [-0.2, 0) is 0 Å². The van der Waals surface area contributed by atoms with E-state index in [1.165, 1.54) is 17.8 Å². The highest BCUT2D eigenvalue weighted by Crippen LogP contribution is 2.35. The van der Waals surface area contributed by atoms with Crippen LogP contribution in [0, 0.1) is 11.6 Å². The molecule has 100 valence electrons. The van der Waals surface area contributed by atoms with E-state index >= 15 is 0 Å². The fraction of sp³-hybridized carbons (Fsp3) is 0.143.